The van der Waals surface area contributed by atoms with Crippen LogP contribution in [-0.4, -0.2) is 45.5 Å². The zero-order valence-corrected chi connectivity index (χ0v) is 12.2. The monoisotopic (exact) mass is 276 g/mol. The fraction of sp³-hybridized carbons (Fsp3) is 0.733. The Morgan fingerprint density at radius 2 is 2.10 bits per heavy atom. The highest BCUT2D eigenvalue weighted by molar-refractivity contribution is 5.92. The van der Waals surface area contributed by atoms with Crippen LogP contribution >= 0.6 is 0 Å². The van der Waals surface area contributed by atoms with E-state index >= 15 is 0 Å². The Hall–Kier alpha value is -1.36. The average Bonchev–Trinajstić information content (AvgIpc) is 3.10. The summed E-state index contributed by atoms with van der Waals surface area (Å²) in [6, 6.07) is 1.03. The summed E-state index contributed by atoms with van der Waals surface area (Å²) in [6.07, 6.45) is 11.1. The quantitative estimate of drug-likeness (QED) is 0.911. The van der Waals surface area contributed by atoms with Gasteiger partial charge < -0.3 is 9.88 Å². The van der Waals surface area contributed by atoms with Gasteiger partial charge in [0, 0.05) is 31.9 Å². The maximum absolute atomic E-state index is 12.1. The maximum atomic E-state index is 12.1. The number of aryl methyl sites for hydroxylation is 1. The van der Waals surface area contributed by atoms with Crippen molar-refractivity contribution < 1.29 is 4.79 Å². The van der Waals surface area contributed by atoms with E-state index in [-0.39, 0.29) is 11.9 Å². The van der Waals surface area contributed by atoms with Crippen LogP contribution in [0.4, 0.5) is 0 Å². The van der Waals surface area contributed by atoms with E-state index < -0.39 is 0 Å². The Morgan fingerprint density at radius 1 is 1.30 bits per heavy atom. The van der Waals surface area contributed by atoms with Gasteiger partial charge in [-0.1, -0.05) is 12.8 Å². The Labute approximate surface area is 120 Å². The molecule has 1 amide bonds. The van der Waals surface area contributed by atoms with Gasteiger partial charge >= 0.3 is 0 Å². The molecule has 1 aliphatic carbocycles. The smallest absolute Gasteiger partial charge is 0.271 e. The van der Waals surface area contributed by atoms with Crippen LogP contribution in [0.1, 0.15) is 49.0 Å². The Balaban J connectivity index is 1.55. The molecule has 5 heteroatoms. The van der Waals surface area contributed by atoms with Crippen molar-refractivity contribution >= 4 is 5.91 Å². The highest BCUT2D eigenvalue weighted by atomic mass is 16.2. The number of imidazole rings is 1. The zero-order chi connectivity index (χ0) is 13.9. The van der Waals surface area contributed by atoms with Gasteiger partial charge in [0.05, 0.1) is 6.33 Å². The number of rotatable bonds is 3. The van der Waals surface area contributed by atoms with E-state index in [1.807, 2.05) is 7.05 Å². The first kappa shape index (κ1) is 13.6. The number of likely N-dealkylation sites (tertiary alicyclic amines) is 1. The summed E-state index contributed by atoms with van der Waals surface area (Å²) in [5, 5.41) is 3.15. The van der Waals surface area contributed by atoms with E-state index in [1.165, 1.54) is 38.6 Å². The molecule has 1 aromatic heterocycles. The molecule has 1 aliphatic heterocycles. The topological polar surface area (TPSA) is 50.2 Å². The molecule has 0 spiro atoms. The summed E-state index contributed by atoms with van der Waals surface area (Å²) >= 11 is 0. The molecule has 5 nitrogen and oxygen atoms in total. The van der Waals surface area contributed by atoms with Gasteiger partial charge in [0.1, 0.15) is 5.69 Å². The number of carbonyl (C=O) groups is 1. The minimum atomic E-state index is -0.0381. The minimum Gasteiger partial charge on any atom is -0.347 e. The van der Waals surface area contributed by atoms with Gasteiger partial charge in [0.15, 0.2) is 0 Å². The van der Waals surface area contributed by atoms with Crippen LogP contribution in [0, 0.1) is 0 Å². The third kappa shape index (κ3) is 3.03. The fourth-order valence-corrected chi connectivity index (χ4v) is 3.51. The third-order valence-corrected chi connectivity index (χ3v) is 4.57. The Bertz CT molecular complexity index is 464. The van der Waals surface area contributed by atoms with Gasteiger partial charge in [-0.3, -0.25) is 9.69 Å². The third-order valence-electron chi connectivity index (χ3n) is 4.57. The van der Waals surface area contributed by atoms with E-state index in [0.717, 1.165) is 19.0 Å². The number of nitrogens with one attached hydrogen (secondary N) is 1. The predicted octanol–water partition coefficient (Wildman–Crippen LogP) is 1.56. The molecule has 110 valence electrons. The SMILES string of the molecule is Cn1cnc(C(=O)NC2CCCN(C3CCCC3)C2)c1. The molecule has 0 bridgehead atoms. The largest absolute Gasteiger partial charge is 0.347 e. The van der Waals surface area contributed by atoms with E-state index in [1.54, 1.807) is 17.1 Å². The lowest BCUT2D eigenvalue weighted by Gasteiger charge is -2.37. The summed E-state index contributed by atoms with van der Waals surface area (Å²) in [7, 11) is 1.88. The van der Waals surface area contributed by atoms with Crippen molar-refractivity contribution in [1.82, 2.24) is 19.8 Å². The molecule has 1 N–H and O–H groups in total. The molecule has 2 aliphatic rings. The van der Waals surface area contributed by atoms with Crippen LogP contribution in [0.15, 0.2) is 12.5 Å². The summed E-state index contributed by atoms with van der Waals surface area (Å²) in [5.41, 5.74) is 0.519. The molecule has 1 unspecified atom stereocenters. The number of hydrogen-bond donors (Lipinski definition) is 1. The molecule has 3 rings (SSSR count). The summed E-state index contributed by atoms with van der Waals surface area (Å²) < 4.78 is 1.81. The molecule has 1 saturated heterocycles. The second-order valence-corrected chi connectivity index (χ2v) is 6.17. The first-order valence-corrected chi connectivity index (χ1v) is 7.75. The maximum Gasteiger partial charge on any atom is 0.271 e. The number of nitrogens with zero attached hydrogens (tertiary/aromatic N) is 3. The summed E-state index contributed by atoms with van der Waals surface area (Å²) in [6.45, 7) is 2.20. The van der Waals surface area contributed by atoms with Gasteiger partial charge in [-0.25, -0.2) is 4.98 Å². The molecule has 0 radical (unpaired) electrons. The van der Waals surface area contributed by atoms with Crippen molar-refractivity contribution in [2.24, 2.45) is 7.05 Å². The van der Waals surface area contributed by atoms with E-state index in [4.69, 9.17) is 0 Å². The summed E-state index contributed by atoms with van der Waals surface area (Å²) in [5.74, 6) is -0.0381. The van der Waals surface area contributed by atoms with Gasteiger partial charge in [0.2, 0.25) is 0 Å². The standard InChI is InChI=1S/C15H24N4O/c1-18-10-14(16-11-18)15(20)17-12-5-4-8-19(9-12)13-6-2-3-7-13/h10-13H,2-9H2,1H3,(H,17,20). The number of aromatic nitrogens is 2. The molecular formula is C15H24N4O. The lowest BCUT2D eigenvalue weighted by Crippen LogP contribution is -2.50. The molecule has 2 fully saturated rings. The van der Waals surface area contributed by atoms with Crippen molar-refractivity contribution in [2.45, 2.75) is 50.6 Å². The van der Waals surface area contributed by atoms with Crippen LogP contribution in [-0.2, 0) is 7.05 Å². The van der Waals surface area contributed by atoms with Crippen LogP contribution < -0.4 is 5.32 Å². The molecule has 1 aromatic rings. The van der Waals surface area contributed by atoms with Crippen molar-refractivity contribution in [1.29, 1.82) is 0 Å². The molecule has 1 saturated carbocycles. The van der Waals surface area contributed by atoms with Crippen LogP contribution in [0.3, 0.4) is 0 Å². The Morgan fingerprint density at radius 3 is 2.80 bits per heavy atom. The predicted molar refractivity (Wildman–Crippen MR) is 77.5 cm³/mol. The lowest BCUT2D eigenvalue weighted by molar-refractivity contribution is 0.0870. The first-order valence-electron chi connectivity index (χ1n) is 7.75. The second kappa shape index (κ2) is 5.95. The van der Waals surface area contributed by atoms with Gasteiger partial charge in [0.25, 0.3) is 5.91 Å². The van der Waals surface area contributed by atoms with Crippen molar-refractivity contribution in [3.8, 4) is 0 Å². The highest BCUT2D eigenvalue weighted by Crippen LogP contribution is 2.26. The van der Waals surface area contributed by atoms with Crippen molar-refractivity contribution in [2.75, 3.05) is 13.1 Å². The average molecular weight is 276 g/mol. The number of hydrogen-bond acceptors (Lipinski definition) is 3. The number of amides is 1. The van der Waals surface area contributed by atoms with E-state index in [9.17, 15) is 4.79 Å². The number of piperidine rings is 1. The minimum absolute atomic E-state index is 0.0381. The second-order valence-electron chi connectivity index (χ2n) is 6.17. The normalized spacial score (nSPS) is 24.9. The molecule has 2 heterocycles. The zero-order valence-electron chi connectivity index (χ0n) is 12.2. The molecular weight excluding hydrogens is 252 g/mol. The van der Waals surface area contributed by atoms with Crippen molar-refractivity contribution in [3.05, 3.63) is 18.2 Å². The molecule has 0 aromatic carbocycles. The summed E-state index contributed by atoms with van der Waals surface area (Å²) in [4.78, 5) is 18.8. The molecule has 1 atom stereocenters. The van der Waals surface area contributed by atoms with E-state index in [2.05, 4.69) is 15.2 Å². The highest BCUT2D eigenvalue weighted by Gasteiger charge is 2.28. The first-order chi connectivity index (χ1) is 9.72. The van der Waals surface area contributed by atoms with Crippen LogP contribution in [0.2, 0.25) is 0 Å². The van der Waals surface area contributed by atoms with Crippen LogP contribution in [0.5, 0.6) is 0 Å². The van der Waals surface area contributed by atoms with Gasteiger partial charge in [-0.2, -0.15) is 0 Å². The Kier molecular flexibility index (Phi) is 4.05. The molecule has 20 heavy (non-hydrogen) atoms. The van der Waals surface area contributed by atoms with E-state index in [0.29, 0.717) is 5.69 Å². The van der Waals surface area contributed by atoms with Crippen LogP contribution in [0.25, 0.3) is 0 Å². The van der Waals surface area contributed by atoms with Gasteiger partial charge in [-0.05, 0) is 32.2 Å². The van der Waals surface area contributed by atoms with Crippen molar-refractivity contribution in [3.63, 3.8) is 0 Å². The fourth-order valence-electron chi connectivity index (χ4n) is 3.51. The van der Waals surface area contributed by atoms with Gasteiger partial charge in [-0.15, -0.1) is 0 Å². The number of carbonyl (C=O) groups excluding carboxylic acids is 1. The lowest BCUT2D eigenvalue weighted by atomic mass is 10.0.